The third-order valence-corrected chi connectivity index (χ3v) is 5.66. The lowest BCUT2D eigenvalue weighted by Crippen LogP contribution is -2.24. The zero-order chi connectivity index (χ0) is 24.4. The molecule has 0 aliphatic rings. The number of aryl methyl sites for hydroxylation is 2. The van der Waals surface area contributed by atoms with E-state index in [2.05, 4.69) is 10.3 Å². The lowest BCUT2D eigenvalue weighted by molar-refractivity contribution is -0.116. The first-order valence-corrected chi connectivity index (χ1v) is 10.9. The van der Waals surface area contributed by atoms with Gasteiger partial charge in [-0.15, -0.1) is 0 Å². The van der Waals surface area contributed by atoms with Crippen molar-refractivity contribution in [1.82, 2.24) is 9.55 Å². The molecule has 0 fully saturated rings. The van der Waals surface area contributed by atoms with Crippen molar-refractivity contribution in [2.45, 2.75) is 20.4 Å². The predicted molar refractivity (Wildman–Crippen MR) is 132 cm³/mol. The lowest BCUT2D eigenvalue weighted by Gasteiger charge is -2.15. The average molecular weight is 476 g/mol. The van der Waals surface area contributed by atoms with E-state index in [-0.39, 0.29) is 28.4 Å². The zero-order valence-corrected chi connectivity index (χ0v) is 19.6. The van der Waals surface area contributed by atoms with E-state index in [9.17, 15) is 14.4 Å². The maximum absolute atomic E-state index is 13.3. The number of anilines is 1. The smallest absolute Gasteiger partial charge is 0.244 e. The number of aromatic nitrogens is 2. The normalized spacial score (nSPS) is 10.8. The van der Waals surface area contributed by atoms with Crippen LogP contribution in [0.25, 0.3) is 10.9 Å². The Morgan fingerprint density at radius 1 is 1.06 bits per heavy atom. The first-order chi connectivity index (χ1) is 16.3. The Morgan fingerprint density at radius 2 is 1.74 bits per heavy atom. The summed E-state index contributed by atoms with van der Waals surface area (Å²) in [5, 5.41) is 3.39. The van der Waals surface area contributed by atoms with Crippen LogP contribution in [0, 0.1) is 13.8 Å². The molecular formula is C26H22ClN3O4. The molecule has 34 heavy (non-hydrogen) atoms. The van der Waals surface area contributed by atoms with Crippen LogP contribution in [-0.4, -0.2) is 28.4 Å². The second kappa shape index (κ2) is 9.49. The fourth-order valence-electron chi connectivity index (χ4n) is 3.90. The highest BCUT2D eigenvalue weighted by Crippen LogP contribution is 2.29. The van der Waals surface area contributed by atoms with E-state index < -0.39 is 11.2 Å². The summed E-state index contributed by atoms with van der Waals surface area (Å²) in [4.78, 5) is 43.3. The van der Waals surface area contributed by atoms with E-state index in [4.69, 9.17) is 16.3 Å². The van der Waals surface area contributed by atoms with E-state index in [0.29, 0.717) is 22.5 Å². The highest BCUT2D eigenvalue weighted by atomic mass is 35.5. The summed E-state index contributed by atoms with van der Waals surface area (Å²) in [5.74, 6) is -0.484. The second-order valence-corrected chi connectivity index (χ2v) is 8.40. The number of ketones is 1. The molecule has 2 aromatic heterocycles. The van der Waals surface area contributed by atoms with Crippen molar-refractivity contribution in [3.8, 4) is 5.75 Å². The number of halogens is 1. The molecule has 0 unspecified atom stereocenters. The summed E-state index contributed by atoms with van der Waals surface area (Å²) in [6.45, 7) is 3.76. The molecule has 0 aliphatic heterocycles. The third kappa shape index (κ3) is 4.70. The minimum atomic E-state index is -0.474. The molecule has 0 saturated carbocycles. The number of pyridine rings is 2. The average Bonchev–Trinajstić information content (AvgIpc) is 2.80. The van der Waals surface area contributed by atoms with Crippen molar-refractivity contribution in [2.24, 2.45) is 0 Å². The summed E-state index contributed by atoms with van der Waals surface area (Å²) in [7, 11) is 1.44. The van der Waals surface area contributed by atoms with E-state index in [0.717, 1.165) is 11.1 Å². The molecule has 1 N–H and O–H groups in total. The summed E-state index contributed by atoms with van der Waals surface area (Å²) in [5.41, 5.74) is 2.90. The zero-order valence-electron chi connectivity index (χ0n) is 18.9. The number of methoxy groups -OCH3 is 1. The molecule has 0 aliphatic carbocycles. The van der Waals surface area contributed by atoms with Gasteiger partial charge in [0, 0.05) is 29.8 Å². The molecule has 0 bridgehead atoms. The first-order valence-electron chi connectivity index (χ1n) is 10.5. The largest absolute Gasteiger partial charge is 0.495 e. The number of benzene rings is 2. The van der Waals surface area contributed by atoms with Crippen LogP contribution in [-0.2, 0) is 11.3 Å². The number of hydrogen-bond donors (Lipinski definition) is 1. The Hall–Kier alpha value is -3.97. The number of carbonyl (C=O) groups is 2. The van der Waals surface area contributed by atoms with Crippen LogP contribution in [0.4, 0.5) is 5.69 Å². The standard InChI is InChI=1S/C26H22ClN3O4/c1-15-8-16(2)10-18(9-15)29-24(31)14-30-13-20(25(32)17-4-6-28-7-5-17)26(33)19-11-23(34-3)21(27)12-22(19)30/h4-13H,14H2,1-3H3,(H,29,31). The van der Waals surface area contributed by atoms with Gasteiger partial charge in [0.15, 0.2) is 5.78 Å². The molecule has 2 aromatic carbocycles. The van der Waals surface area contributed by atoms with Gasteiger partial charge in [-0.3, -0.25) is 19.4 Å². The maximum Gasteiger partial charge on any atom is 0.244 e. The van der Waals surface area contributed by atoms with Gasteiger partial charge in [0.05, 0.1) is 28.6 Å². The quantitative estimate of drug-likeness (QED) is 0.413. The summed E-state index contributed by atoms with van der Waals surface area (Å²) >= 11 is 6.31. The number of ether oxygens (including phenoxy) is 1. The Morgan fingerprint density at radius 3 is 2.38 bits per heavy atom. The van der Waals surface area contributed by atoms with Crippen molar-refractivity contribution >= 4 is 39.9 Å². The molecule has 0 spiro atoms. The minimum Gasteiger partial charge on any atom is -0.495 e. The molecule has 7 nitrogen and oxygen atoms in total. The van der Waals surface area contributed by atoms with Crippen LogP contribution >= 0.6 is 11.6 Å². The van der Waals surface area contributed by atoms with E-state index in [1.54, 1.807) is 10.6 Å². The predicted octanol–water partition coefficient (Wildman–Crippen LogP) is 4.55. The van der Waals surface area contributed by atoms with Gasteiger partial charge in [-0.2, -0.15) is 0 Å². The van der Waals surface area contributed by atoms with Crippen LogP contribution in [0.2, 0.25) is 5.02 Å². The van der Waals surface area contributed by atoms with Crippen LogP contribution in [0.5, 0.6) is 5.75 Å². The summed E-state index contributed by atoms with van der Waals surface area (Å²) in [6, 6.07) is 11.9. The van der Waals surface area contributed by atoms with E-state index >= 15 is 0 Å². The third-order valence-electron chi connectivity index (χ3n) is 5.36. The van der Waals surface area contributed by atoms with Gasteiger partial charge in [0.2, 0.25) is 11.3 Å². The van der Waals surface area contributed by atoms with Gasteiger partial charge in [-0.25, -0.2) is 0 Å². The molecule has 0 saturated heterocycles. The molecule has 8 heteroatoms. The molecule has 4 rings (SSSR count). The topological polar surface area (TPSA) is 90.3 Å². The van der Waals surface area contributed by atoms with Crippen LogP contribution in [0.1, 0.15) is 27.0 Å². The van der Waals surface area contributed by atoms with Gasteiger partial charge >= 0.3 is 0 Å². The number of rotatable bonds is 6. The number of carbonyl (C=O) groups excluding carboxylic acids is 2. The number of nitrogens with one attached hydrogen (secondary N) is 1. The van der Waals surface area contributed by atoms with Gasteiger partial charge in [-0.05, 0) is 61.4 Å². The Labute approximate surface area is 201 Å². The molecule has 172 valence electrons. The van der Waals surface area contributed by atoms with E-state index in [1.165, 1.54) is 43.9 Å². The van der Waals surface area contributed by atoms with Crippen molar-refractivity contribution in [3.63, 3.8) is 0 Å². The highest BCUT2D eigenvalue weighted by Gasteiger charge is 2.20. The molecular weight excluding hydrogens is 454 g/mol. The fraction of sp³-hybridized carbons (Fsp3) is 0.154. The number of amides is 1. The Balaban J connectivity index is 1.81. The Bertz CT molecular complexity index is 1460. The number of nitrogens with zero attached hydrogens (tertiary/aromatic N) is 2. The lowest BCUT2D eigenvalue weighted by atomic mass is 10.0. The fourth-order valence-corrected chi connectivity index (χ4v) is 4.14. The summed E-state index contributed by atoms with van der Waals surface area (Å²) < 4.78 is 6.81. The molecule has 0 radical (unpaired) electrons. The van der Waals surface area contributed by atoms with Crippen molar-refractivity contribution in [3.05, 3.63) is 98.6 Å². The van der Waals surface area contributed by atoms with Gasteiger partial charge < -0.3 is 14.6 Å². The maximum atomic E-state index is 13.3. The molecule has 1 amide bonds. The number of hydrogen-bond acceptors (Lipinski definition) is 5. The van der Waals surface area contributed by atoms with Crippen molar-refractivity contribution < 1.29 is 14.3 Å². The molecule has 0 atom stereocenters. The van der Waals surface area contributed by atoms with Gasteiger partial charge in [-0.1, -0.05) is 17.7 Å². The van der Waals surface area contributed by atoms with Crippen LogP contribution in [0.3, 0.4) is 0 Å². The van der Waals surface area contributed by atoms with E-state index in [1.807, 2.05) is 32.0 Å². The van der Waals surface area contributed by atoms with Crippen LogP contribution < -0.4 is 15.5 Å². The first kappa shape index (κ1) is 23.2. The van der Waals surface area contributed by atoms with Crippen molar-refractivity contribution in [1.29, 1.82) is 0 Å². The minimum absolute atomic E-state index is 0.0673. The monoisotopic (exact) mass is 475 g/mol. The second-order valence-electron chi connectivity index (χ2n) is 7.99. The Kier molecular flexibility index (Phi) is 6.47. The highest BCUT2D eigenvalue weighted by molar-refractivity contribution is 6.32. The van der Waals surface area contributed by atoms with Gasteiger partial charge in [0.1, 0.15) is 12.3 Å². The van der Waals surface area contributed by atoms with Crippen LogP contribution in [0.15, 0.2) is 65.8 Å². The summed E-state index contributed by atoms with van der Waals surface area (Å²) in [6.07, 6.45) is 4.36. The molecule has 2 heterocycles. The van der Waals surface area contributed by atoms with Crippen molar-refractivity contribution in [2.75, 3.05) is 12.4 Å². The van der Waals surface area contributed by atoms with Gasteiger partial charge in [0.25, 0.3) is 0 Å². The molecule has 4 aromatic rings. The SMILES string of the molecule is COc1cc2c(=O)c(C(=O)c3ccncc3)cn(CC(=O)Nc3cc(C)cc(C)c3)c2cc1Cl. The number of fused-ring (bicyclic) bond motifs is 1.